The summed E-state index contributed by atoms with van der Waals surface area (Å²) in [5.74, 6) is 0.898. The zero-order chi connectivity index (χ0) is 24.5. The lowest BCUT2D eigenvalue weighted by Crippen LogP contribution is -2.54. The number of aromatic nitrogens is 2. The van der Waals surface area contributed by atoms with Crippen LogP contribution in [0.25, 0.3) is 0 Å². The van der Waals surface area contributed by atoms with Crippen LogP contribution in [0.15, 0.2) is 42.1 Å². The lowest BCUT2D eigenvalue weighted by molar-refractivity contribution is 0.0689. The summed E-state index contributed by atoms with van der Waals surface area (Å²) >= 11 is 1.28. The van der Waals surface area contributed by atoms with Crippen LogP contribution < -0.4 is 5.73 Å². The van der Waals surface area contributed by atoms with Crippen molar-refractivity contribution in [3.05, 3.63) is 64.7 Å². The van der Waals surface area contributed by atoms with E-state index in [2.05, 4.69) is 22.0 Å². The molecule has 9 heteroatoms. The van der Waals surface area contributed by atoms with E-state index in [0.29, 0.717) is 24.2 Å². The van der Waals surface area contributed by atoms with E-state index in [-0.39, 0.29) is 29.6 Å². The maximum atomic E-state index is 12.5. The van der Waals surface area contributed by atoms with Crippen LogP contribution in [-0.4, -0.2) is 61.6 Å². The maximum Gasteiger partial charge on any atom is 0.354 e. The molecule has 8 nitrogen and oxygen atoms in total. The second-order valence-electron chi connectivity index (χ2n) is 8.35. The average Bonchev–Trinajstić information content (AvgIpc) is 3.06. The minimum atomic E-state index is -1.48. The van der Waals surface area contributed by atoms with Gasteiger partial charge in [0.2, 0.25) is 0 Å². The predicted molar refractivity (Wildman–Crippen MR) is 124 cm³/mol. The summed E-state index contributed by atoms with van der Waals surface area (Å²) in [7, 11) is 0. The minimum Gasteiger partial charge on any atom is -0.477 e. The highest BCUT2D eigenvalue weighted by molar-refractivity contribution is 8.01. The number of carbonyl (C=O) groups excluding carboxylic acids is 1. The number of nitrogens with two attached hydrogens (primary N) is 1. The second kappa shape index (κ2) is 9.46. The molecule has 33 heavy (non-hydrogen) atoms. The molecule has 4 atom stereocenters. The summed E-state index contributed by atoms with van der Waals surface area (Å²) in [5.41, 5.74) is 5.90. The van der Waals surface area contributed by atoms with E-state index in [1.54, 1.807) is 24.3 Å². The molecular formula is C24H25N5O3S. The van der Waals surface area contributed by atoms with Crippen LogP contribution in [0.4, 0.5) is 0 Å². The van der Waals surface area contributed by atoms with E-state index < -0.39 is 22.0 Å². The van der Waals surface area contributed by atoms with Gasteiger partial charge in [-0.1, -0.05) is 18.2 Å². The summed E-state index contributed by atoms with van der Waals surface area (Å²) in [6.45, 7) is 2.86. The number of hydrogen-bond acceptors (Lipinski definition) is 8. The highest BCUT2D eigenvalue weighted by atomic mass is 32.2. The highest BCUT2D eigenvalue weighted by Gasteiger charge is 2.57. The quantitative estimate of drug-likeness (QED) is 0.639. The number of rotatable bonds is 5. The number of aromatic carboxylic acids is 1. The summed E-state index contributed by atoms with van der Waals surface area (Å²) in [6.07, 6.45) is 3.02. The topological polar surface area (TPSA) is 133 Å². The molecule has 170 valence electrons. The molecule has 2 fully saturated rings. The van der Waals surface area contributed by atoms with Gasteiger partial charge in [-0.25, -0.2) is 19.6 Å². The first-order chi connectivity index (χ1) is 16.3. The monoisotopic (exact) mass is 464 g/mol. The summed E-state index contributed by atoms with van der Waals surface area (Å²) < 4.78 is 9.85. The lowest BCUT2D eigenvalue weighted by Gasteiger charge is -2.43. The Bertz CT molecular complexity index is 1210. The number of carboxylic acid groups (broad SMARTS) is 1. The molecule has 4 rings (SSSR count). The third-order valence-corrected chi connectivity index (χ3v) is 7.64. The van der Waals surface area contributed by atoms with Gasteiger partial charge < -0.3 is 10.8 Å². The van der Waals surface area contributed by atoms with Crippen molar-refractivity contribution < 1.29 is 16.1 Å². The first kappa shape index (κ1) is 21.8. The van der Waals surface area contributed by atoms with E-state index in [1.807, 2.05) is 11.8 Å². The Morgan fingerprint density at radius 3 is 2.94 bits per heavy atom. The smallest absolute Gasteiger partial charge is 0.354 e. The molecule has 3 heterocycles. The van der Waals surface area contributed by atoms with Gasteiger partial charge in [-0.05, 0) is 50.4 Å². The van der Waals surface area contributed by atoms with Crippen LogP contribution in [0.3, 0.4) is 0 Å². The van der Waals surface area contributed by atoms with Gasteiger partial charge in [-0.3, -0.25) is 4.90 Å². The number of likely N-dealkylation sites (tertiary alicyclic amines) is 1. The van der Waals surface area contributed by atoms with Crippen LogP contribution in [-0.2, 0) is 16.6 Å². The fourth-order valence-electron chi connectivity index (χ4n) is 4.72. The summed E-state index contributed by atoms with van der Waals surface area (Å²) in [4.78, 5) is 34.9. The van der Waals surface area contributed by atoms with Crippen molar-refractivity contribution >= 4 is 23.7 Å². The van der Waals surface area contributed by atoms with E-state index in [9.17, 15) is 21.3 Å². The Balaban J connectivity index is 2.02. The first-order valence-electron chi connectivity index (χ1n) is 11.3. The molecule has 1 aromatic heterocycles. The second-order valence-corrected chi connectivity index (χ2v) is 9.68. The van der Waals surface area contributed by atoms with Gasteiger partial charge in [0.1, 0.15) is 11.8 Å². The SMILES string of the molecule is [2H][C@@]1(N2CCCC(N)C2)SC(C)C(=C=O)C1(Cc1ccccc1C#N)c1nccc(C(=O)O)n1. The third kappa shape index (κ3) is 4.19. The lowest BCUT2D eigenvalue weighted by atomic mass is 9.72. The van der Waals surface area contributed by atoms with Crippen LogP contribution in [0.5, 0.6) is 0 Å². The van der Waals surface area contributed by atoms with Crippen molar-refractivity contribution in [2.24, 2.45) is 5.73 Å². The Morgan fingerprint density at radius 2 is 2.24 bits per heavy atom. The Labute approximate surface area is 197 Å². The van der Waals surface area contributed by atoms with E-state index >= 15 is 0 Å². The fourth-order valence-corrected chi connectivity index (χ4v) is 6.21. The number of hydrogen-bond donors (Lipinski definition) is 2. The number of benzene rings is 1. The molecule has 1 aromatic carbocycles. The third-order valence-electron chi connectivity index (χ3n) is 6.22. The van der Waals surface area contributed by atoms with Gasteiger partial charge in [-0.2, -0.15) is 5.26 Å². The number of thioether (sulfide) groups is 1. The Kier molecular flexibility index (Phi) is 6.25. The molecule has 3 N–H and O–H groups in total. The molecule has 0 amide bonds. The Hall–Kier alpha value is -3.02. The molecular weight excluding hydrogens is 438 g/mol. The molecule has 2 aliphatic rings. The molecule has 3 unspecified atom stereocenters. The predicted octanol–water partition coefficient (Wildman–Crippen LogP) is 2.17. The van der Waals surface area contributed by atoms with Gasteiger partial charge in [0.05, 0.1) is 23.8 Å². The van der Waals surface area contributed by atoms with Gasteiger partial charge in [0, 0.05) is 29.6 Å². The molecule has 0 bridgehead atoms. The normalized spacial score (nSPS) is 30.3. The number of piperidine rings is 1. The van der Waals surface area contributed by atoms with Gasteiger partial charge in [0.15, 0.2) is 5.69 Å². The molecule has 0 aliphatic carbocycles. The molecule has 2 saturated heterocycles. The number of nitrogens with zero attached hydrogens (tertiary/aromatic N) is 4. The molecule has 0 spiro atoms. The number of carboxylic acids is 1. The van der Waals surface area contributed by atoms with Crippen LogP contribution in [0, 0.1) is 11.3 Å². The summed E-state index contributed by atoms with van der Waals surface area (Å²) in [5, 5.41) is 17.5. The standard InChI is InChI=1S/C24H25N5O3S/c1-15-19(14-30)24(11-16-5-2-3-6-17(16)12-25,22-27-9-8-20(28-22)21(31)32)23(33-15)29-10-4-7-18(26)13-29/h2-3,5-6,8-9,15,18,23H,4,7,10-11,13,26H2,1H3,(H,31,32)/t15?,18?,23-,24?/m1/s1/i23D. The zero-order valence-corrected chi connectivity index (χ0v) is 19.0. The van der Waals surface area contributed by atoms with Crippen molar-refractivity contribution in [1.82, 2.24) is 14.9 Å². The van der Waals surface area contributed by atoms with Crippen LogP contribution in [0.1, 0.15) is 48.6 Å². The molecule has 0 radical (unpaired) electrons. The maximum absolute atomic E-state index is 12.5. The van der Waals surface area contributed by atoms with Gasteiger partial charge in [-0.15, -0.1) is 11.8 Å². The van der Waals surface area contributed by atoms with Crippen molar-refractivity contribution in [3.63, 3.8) is 0 Å². The molecule has 2 aromatic rings. The Morgan fingerprint density at radius 1 is 1.45 bits per heavy atom. The average molecular weight is 465 g/mol. The van der Waals surface area contributed by atoms with E-state index in [4.69, 9.17) is 5.73 Å². The minimum absolute atomic E-state index is 0.0597. The fraction of sp³-hybridized carbons (Fsp3) is 0.417. The van der Waals surface area contributed by atoms with E-state index in [0.717, 1.165) is 12.8 Å². The van der Waals surface area contributed by atoms with Crippen molar-refractivity contribution in [2.45, 2.75) is 48.2 Å². The van der Waals surface area contributed by atoms with Crippen molar-refractivity contribution in [2.75, 3.05) is 13.1 Å². The summed E-state index contributed by atoms with van der Waals surface area (Å²) in [6, 6.07) is 10.3. The van der Waals surface area contributed by atoms with Crippen molar-refractivity contribution in [3.8, 4) is 6.07 Å². The van der Waals surface area contributed by atoms with Gasteiger partial charge >= 0.3 is 5.97 Å². The van der Waals surface area contributed by atoms with E-state index in [1.165, 1.54) is 24.0 Å². The van der Waals surface area contributed by atoms with Crippen LogP contribution >= 0.6 is 11.8 Å². The zero-order valence-electron chi connectivity index (χ0n) is 19.2. The highest BCUT2D eigenvalue weighted by Crippen LogP contribution is 2.54. The molecule has 0 saturated carbocycles. The van der Waals surface area contributed by atoms with Crippen LogP contribution in [0.2, 0.25) is 0 Å². The van der Waals surface area contributed by atoms with Gasteiger partial charge in [0.25, 0.3) is 0 Å². The molecule has 2 aliphatic heterocycles. The van der Waals surface area contributed by atoms with Crippen molar-refractivity contribution in [1.29, 1.82) is 5.26 Å². The largest absolute Gasteiger partial charge is 0.477 e. The number of carbonyl (C=O) groups is 1. The number of nitriles is 1. The first-order valence-corrected chi connectivity index (χ1v) is 11.6.